The molecule has 6 nitrogen and oxygen atoms in total. The fraction of sp³-hybridized carbons (Fsp3) is 0.429. The highest BCUT2D eigenvalue weighted by atomic mass is 35.5. The van der Waals surface area contributed by atoms with Gasteiger partial charge < -0.3 is 10.6 Å². The van der Waals surface area contributed by atoms with Gasteiger partial charge >= 0.3 is 6.18 Å². The Morgan fingerprint density at radius 1 is 1.08 bits per heavy atom. The van der Waals surface area contributed by atoms with Gasteiger partial charge in [-0.15, -0.1) is 0 Å². The van der Waals surface area contributed by atoms with Crippen LogP contribution in [0, 0.1) is 0 Å². The quantitative estimate of drug-likeness (QED) is 0.842. The highest BCUT2D eigenvalue weighted by Gasteiger charge is 2.42. The Hall–Kier alpha value is -2.16. The Morgan fingerprint density at radius 2 is 1.75 bits per heavy atom. The van der Waals surface area contributed by atoms with E-state index in [1.807, 2.05) is 0 Å². The molecule has 0 aliphatic heterocycles. The van der Waals surface area contributed by atoms with Gasteiger partial charge in [-0.05, 0) is 32.9 Å². The van der Waals surface area contributed by atoms with E-state index in [0.29, 0.717) is 5.69 Å². The minimum absolute atomic E-state index is 0.0556. The van der Waals surface area contributed by atoms with Gasteiger partial charge in [-0.1, -0.05) is 17.7 Å². The first-order valence-corrected chi connectivity index (χ1v) is 7.47. The average molecular weight is 361 g/mol. The van der Waals surface area contributed by atoms with E-state index in [9.17, 15) is 13.2 Å². The molecule has 0 fully saturated rings. The van der Waals surface area contributed by atoms with Gasteiger partial charge in [0.1, 0.15) is 16.9 Å². The predicted octanol–water partition coefficient (Wildman–Crippen LogP) is 3.33. The molecule has 0 saturated heterocycles. The van der Waals surface area contributed by atoms with Crippen LogP contribution in [0.1, 0.15) is 20.8 Å². The fourth-order valence-electron chi connectivity index (χ4n) is 2.15. The zero-order chi connectivity index (χ0) is 18.1. The van der Waals surface area contributed by atoms with Crippen LogP contribution in [-0.4, -0.2) is 38.2 Å². The number of nitrogen functional groups attached to an aromatic ring is 1. The molecule has 0 saturated carbocycles. The molecule has 0 aliphatic carbocycles. The van der Waals surface area contributed by atoms with E-state index in [4.69, 9.17) is 17.3 Å². The van der Waals surface area contributed by atoms with Crippen molar-refractivity contribution in [2.75, 3.05) is 10.6 Å². The summed E-state index contributed by atoms with van der Waals surface area (Å²) in [5, 5.41) is 0.206. The monoisotopic (exact) mass is 360 g/mol. The second-order valence-corrected chi connectivity index (χ2v) is 5.77. The van der Waals surface area contributed by atoms with E-state index in [1.165, 1.54) is 0 Å². The number of rotatable bonds is 4. The Balaban J connectivity index is 2.53. The summed E-state index contributed by atoms with van der Waals surface area (Å²) in [6.45, 7) is 4.26. The number of nitrogens with two attached hydrogens (primary N) is 1. The number of anilines is 2. The first-order valence-electron chi connectivity index (χ1n) is 7.09. The Bertz CT molecular complexity index is 722. The molecule has 0 unspecified atom stereocenters. The Labute approximate surface area is 141 Å². The van der Waals surface area contributed by atoms with Crippen LogP contribution >= 0.6 is 11.6 Å². The molecule has 2 heterocycles. The van der Waals surface area contributed by atoms with Crippen LogP contribution in [-0.2, 0) is 0 Å². The minimum atomic E-state index is -4.44. The molecular formula is C14H16ClF3N6. The maximum Gasteiger partial charge on any atom is 0.408 e. The van der Waals surface area contributed by atoms with Crippen LogP contribution < -0.4 is 10.6 Å². The van der Waals surface area contributed by atoms with Gasteiger partial charge in [0, 0.05) is 6.04 Å². The van der Waals surface area contributed by atoms with Gasteiger partial charge in [0.2, 0.25) is 11.9 Å². The van der Waals surface area contributed by atoms with E-state index in [0.717, 1.165) is 11.8 Å². The van der Waals surface area contributed by atoms with Crippen molar-refractivity contribution in [3.05, 3.63) is 23.4 Å². The highest BCUT2D eigenvalue weighted by Crippen LogP contribution is 2.29. The number of halogens is 4. The van der Waals surface area contributed by atoms with Crippen molar-refractivity contribution in [1.29, 1.82) is 0 Å². The SMILES string of the molecule is CC(C)N(c1nc(N)nc(-c2cccc(Cl)n2)n1)[C@H](C)C(F)(F)F. The molecule has 130 valence electrons. The molecule has 2 aromatic heterocycles. The summed E-state index contributed by atoms with van der Waals surface area (Å²) in [4.78, 5) is 17.0. The third-order valence-electron chi connectivity index (χ3n) is 3.26. The lowest BCUT2D eigenvalue weighted by Gasteiger charge is -2.34. The first kappa shape index (κ1) is 18.2. The van der Waals surface area contributed by atoms with E-state index >= 15 is 0 Å². The van der Waals surface area contributed by atoms with Gasteiger partial charge in [0.05, 0.1) is 0 Å². The number of hydrogen-bond acceptors (Lipinski definition) is 6. The first-order chi connectivity index (χ1) is 11.1. The largest absolute Gasteiger partial charge is 0.408 e. The molecular weight excluding hydrogens is 345 g/mol. The van der Waals surface area contributed by atoms with Gasteiger partial charge in [-0.25, -0.2) is 4.98 Å². The van der Waals surface area contributed by atoms with Crippen molar-refractivity contribution < 1.29 is 13.2 Å². The van der Waals surface area contributed by atoms with Crippen molar-refractivity contribution in [2.45, 2.75) is 39.0 Å². The van der Waals surface area contributed by atoms with Gasteiger partial charge in [0.15, 0.2) is 5.82 Å². The summed E-state index contributed by atoms with van der Waals surface area (Å²) in [5.74, 6) is -0.309. The zero-order valence-electron chi connectivity index (χ0n) is 13.2. The van der Waals surface area contributed by atoms with Crippen molar-refractivity contribution in [3.8, 4) is 11.5 Å². The molecule has 0 spiro atoms. The van der Waals surface area contributed by atoms with Crippen LogP contribution in [0.3, 0.4) is 0 Å². The number of alkyl halides is 3. The lowest BCUT2D eigenvalue weighted by atomic mass is 10.2. The number of hydrogen-bond donors (Lipinski definition) is 1. The summed E-state index contributed by atoms with van der Waals surface area (Å²) in [7, 11) is 0. The lowest BCUT2D eigenvalue weighted by molar-refractivity contribution is -0.145. The summed E-state index contributed by atoms with van der Waals surface area (Å²) in [5.41, 5.74) is 5.94. The van der Waals surface area contributed by atoms with E-state index < -0.39 is 18.3 Å². The number of aromatic nitrogens is 4. The van der Waals surface area contributed by atoms with E-state index in [2.05, 4.69) is 19.9 Å². The van der Waals surface area contributed by atoms with Gasteiger partial charge in [-0.2, -0.15) is 28.1 Å². The third kappa shape index (κ3) is 4.02. The van der Waals surface area contributed by atoms with E-state index in [-0.39, 0.29) is 22.9 Å². The standard InChI is InChI=1S/C14H16ClF3N6/c1-7(2)24(8(3)14(16,17)18)13-22-11(21-12(19)23-13)9-5-4-6-10(15)20-9/h4-8H,1-3H3,(H2,19,21,22,23)/t8-/m1/s1. The summed E-state index contributed by atoms with van der Waals surface area (Å²) in [6.07, 6.45) is -4.44. The van der Waals surface area contributed by atoms with Crippen LogP contribution in [0.25, 0.3) is 11.5 Å². The summed E-state index contributed by atoms with van der Waals surface area (Å²) >= 11 is 5.82. The molecule has 0 aliphatic rings. The zero-order valence-corrected chi connectivity index (χ0v) is 14.0. The molecule has 24 heavy (non-hydrogen) atoms. The Morgan fingerprint density at radius 3 is 2.29 bits per heavy atom. The predicted molar refractivity (Wildman–Crippen MR) is 85.6 cm³/mol. The highest BCUT2D eigenvalue weighted by molar-refractivity contribution is 6.29. The third-order valence-corrected chi connectivity index (χ3v) is 3.47. The molecule has 2 N–H and O–H groups in total. The summed E-state index contributed by atoms with van der Waals surface area (Å²) < 4.78 is 39.4. The molecule has 0 amide bonds. The van der Waals surface area contributed by atoms with Crippen LogP contribution in [0.2, 0.25) is 5.15 Å². The summed E-state index contributed by atoms with van der Waals surface area (Å²) in [6, 6.07) is 2.46. The Kier molecular flexibility index (Phi) is 5.12. The van der Waals surface area contributed by atoms with Crippen molar-refractivity contribution in [2.24, 2.45) is 0 Å². The van der Waals surface area contributed by atoms with Crippen LogP contribution in [0.4, 0.5) is 25.1 Å². The van der Waals surface area contributed by atoms with Gasteiger partial charge in [-0.3, -0.25) is 0 Å². The van der Waals surface area contributed by atoms with Crippen molar-refractivity contribution in [1.82, 2.24) is 19.9 Å². The topological polar surface area (TPSA) is 80.8 Å². The fourth-order valence-corrected chi connectivity index (χ4v) is 2.32. The molecule has 2 rings (SSSR count). The molecule has 0 aromatic carbocycles. The smallest absolute Gasteiger partial charge is 0.368 e. The maximum atomic E-state index is 13.1. The lowest BCUT2D eigenvalue weighted by Crippen LogP contribution is -2.48. The average Bonchev–Trinajstić information content (AvgIpc) is 2.45. The number of nitrogens with zero attached hydrogens (tertiary/aromatic N) is 5. The maximum absolute atomic E-state index is 13.1. The number of pyridine rings is 1. The van der Waals surface area contributed by atoms with Gasteiger partial charge in [0.25, 0.3) is 0 Å². The molecule has 2 aromatic rings. The molecule has 0 radical (unpaired) electrons. The van der Waals surface area contributed by atoms with Crippen LogP contribution in [0.15, 0.2) is 18.2 Å². The second kappa shape index (κ2) is 6.76. The normalized spacial score (nSPS) is 13.2. The minimum Gasteiger partial charge on any atom is -0.368 e. The molecule has 1 atom stereocenters. The second-order valence-electron chi connectivity index (χ2n) is 5.38. The van der Waals surface area contributed by atoms with Crippen molar-refractivity contribution in [3.63, 3.8) is 0 Å². The van der Waals surface area contributed by atoms with E-state index in [1.54, 1.807) is 32.0 Å². The molecule has 10 heteroatoms. The molecule has 0 bridgehead atoms. The van der Waals surface area contributed by atoms with Crippen molar-refractivity contribution >= 4 is 23.5 Å². The van der Waals surface area contributed by atoms with Crippen LogP contribution in [0.5, 0.6) is 0 Å².